The minimum absolute atomic E-state index is 0.356. The van der Waals surface area contributed by atoms with Gasteiger partial charge >= 0.3 is 11.8 Å². The van der Waals surface area contributed by atoms with Crippen LogP contribution in [0.25, 0.3) is 22.3 Å². The van der Waals surface area contributed by atoms with Crippen LogP contribution in [0, 0.1) is 20.8 Å². The summed E-state index contributed by atoms with van der Waals surface area (Å²) >= 11 is 0. The minimum Gasteiger partial charge on any atom is -0.346 e. The number of carbonyl (C=O) groups is 2. The number of nitrogens with one attached hydrogen (secondary N) is 2. The molecule has 2 amide bonds. The maximum atomic E-state index is 12.8. The molecule has 0 atom stereocenters. The Kier molecular flexibility index (Phi) is 5.49. The Morgan fingerprint density at radius 2 is 1.88 bits per heavy atom. The second-order valence-electron chi connectivity index (χ2n) is 8.72. The van der Waals surface area contributed by atoms with Crippen LogP contribution in [0.1, 0.15) is 28.8 Å². The van der Waals surface area contributed by atoms with Crippen molar-refractivity contribution in [3.63, 3.8) is 0 Å². The number of aromatic nitrogens is 4. The van der Waals surface area contributed by atoms with Crippen molar-refractivity contribution in [3.8, 4) is 5.69 Å². The minimum atomic E-state index is -0.682. The third-order valence-electron chi connectivity index (χ3n) is 6.07. The van der Waals surface area contributed by atoms with Crippen molar-refractivity contribution in [2.45, 2.75) is 27.2 Å². The molecule has 0 fully saturated rings. The van der Waals surface area contributed by atoms with Gasteiger partial charge in [-0.3, -0.25) is 9.59 Å². The molecule has 1 aromatic carbocycles. The molecule has 4 heterocycles. The molecule has 0 saturated carbocycles. The molecule has 34 heavy (non-hydrogen) atoms. The van der Waals surface area contributed by atoms with Gasteiger partial charge in [0.1, 0.15) is 5.65 Å². The zero-order valence-electron chi connectivity index (χ0n) is 19.4. The molecular formula is C26H26N6O2. The summed E-state index contributed by atoms with van der Waals surface area (Å²) in [5.41, 5.74) is 7.12. The van der Waals surface area contributed by atoms with Crippen LogP contribution in [0.4, 0.5) is 5.82 Å². The van der Waals surface area contributed by atoms with E-state index in [4.69, 9.17) is 0 Å². The fraction of sp³-hybridized carbons (Fsp3) is 0.231. The van der Waals surface area contributed by atoms with Gasteiger partial charge in [-0.05, 0) is 68.2 Å². The van der Waals surface area contributed by atoms with E-state index in [1.807, 2.05) is 57.3 Å². The standard InChI is InChI=1S/C26H26N6O2/c1-16-11-17(2)13-20(12-16)32-18(3)14-23(30-32)29-25(33)26(34)31-9-6-19(7-10-31)22-15-28-24-21(22)5-4-8-27-24/h4-6,8,11-15H,7,9-10H2,1-3H3,(H,27,28)(H,29,30,33). The number of anilines is 1. The van der Waals surface area contributed by atoms with Gasteiger partial charge in [-0.25, -0.2) is 9.67 Å². The Bertz CT molecular complexity index is 1420. The molecular weight excluding hydrogens is 428 g/mol. The number of hydrogen-bond acceptors (Lipinski definition) is 4. The summed E-state index contributed by atoms with van der Waals surface area (Å²) in [4.78, 5) is 34.5. The van der Waals surface area contributed by atoms with Crippen LogP contribution < -0.4 is 5.32 Å². The SMILES string of the molecule is Cc1cc(C)cc(-n2nc(NC(=O)C(=O)N3CC=C(c4c[nH]c5ncccc45)CC3)cc2C)c1. The first-order valence-electron chi connectivity index (χ1n) is 11.3. The highest BCUT2D eigenvalue weighted by Crippen LogP contribution is 2.28. The summed E-state index contributed by atoms with van der Waals surface area (Å²) in [7, 11) is 0. The van der Waals surface area contributed by atoms with E-state index in [2.05, 4.69) is 26.4 Å². The molecule has 0 unspecified atom stereocenters. The molecule has 172 valence electrons. The highest BCUT2D eigenvalue weighted by atomic mass is 16.2. The number of pyridine rings is 1. The van der Waals surface area contributed by atoms with Gasteiger partial charge in [0.2, 0.25) is 0 Å². The van der Waals surface area contributed by atoms with Gasteiger partial charge in [0.15, 0.2) is 5.82 Å². The topological polar surface area (TPSA) is 95.9 Å². The summed E-state index contributed by atoms with van der Waals surface area (Å²) in [5, 5.41) is 8.22. The van der Waals surface area contributed by atoms with Gasteiger partial charge < -0.3 is 15.2 Å². The van der Waals surface area contributed by atoms with Crippen molar-refractivity contribution >= 4 is 34.2 Å². The van der Waals surface area contributed by atoms with Gasteiger partial charge in [-0.1, -0.05) is 12.1 Å². The first-order valence-corrected chi connectivity index (χ1v) is 11.3. The van der Waals surface area contributed by atoms with Gasteiger partial charge in [-0.2, -0.15) is 0 Å². The molecule has 0 aliphatic carbocycles. The lowest BCUT2D eigenvalue weighted by atomic mass is 9.99. The van der Waals surface area contributed by atoms with E-state index in [-0.39, 0.29) is 0 Å². The Hall–Kier alpha value is -4.20. The van der Waals surface area contributed by atoms with E-state index in [0.29, 0.717) is 25.3 Å². The Balaban J connectivity index is 1.27. The molecule has 0 bridgehead atoms. The summed E-state index contributed by atoms with van der Waals surface area (Å²) < 4.78 is 1.77. The predicted octanol–water partition coefficient (Wildman–Crippen LogP) is 3.93. The van der Waals surface area contributed by atoms with Crippen molar-refractivity contribution in [2.24, 2.45) is 0 Å². The van der Waals surface area contributed by atoms with Crippen LogP contribution >= 0.6 is 0 Å². The number of aromatic amines is 1. The van der Waals surface area contributed by atoms with Crippen molar-refractivity contribution in [2.75, 3.05) is 18.4 Å². The third-order valence-corrected chi connectivity index (χ3v) is 6.07. The van der Waals surface area contributed by atoms with Crippen molar-refractivity contribution in [3.05, 3.63) is 77.3 Å². The zero-order valence-corrected chi connectivity index (χ0v) is 19.4. The quantitative estimate of drug-likeness (QED) is 0.459. The molecule has 5 rings (SSSR count). The number of benzene rings is 1. The lowest BCUT2D eigenvalue weighted by Gasteiger charge is -2.25. The molecule has 0 saturated heterocycles. The Morgan fingerprint density at radius 1 is 1.09 bits per heavy atom. The van der Waals surface area contributed by atoms with Gasteiger partial charge in [0, 0.05) is 48.2 Å². The third kappa shape index (κ3) is 4.10. The highest BCUT2D eigenvalue weighted by molar-refractivity contribution is 6.39. The van der Waals surface area contributed by atoms with Gasteiger partial charge in [-0.15, -0.1) is 5.10 Å². The second kappa shape index (κ2) is 8.62. The van der Waals surface area contributed by atoms with Crippen LogP contribution in [0.15, 0.2) is 54.9 Å². The van der Waals surface area contributed by atoms with E-state index in [1.165, 1.54) is 0 Å². The van der Waals surface area contributed by atoms with Crippen molar-refractivity contribution in [1.29, 1.82) is 0 Å². The molecule has 8 heteroatoms. The van der Waals surface area contributed by atoms with Crippen LogP contribution in [-0.4, -0.2) is 49.6 Å². The van der Waals surface area contributed by atoms with E-state index in [1.54, 1.807) is 21.8 Å². The van der Waals surface area contributed by atoms with E-state index in [0.717, 1.165) is 44.7 Å². The number of amides is 2. The normalized spacial score (nSPS) is 13.7. The average molecular weight is 455 g/mol. The Morgan fingerprint density at radius 3 is 2.62 bits per heavy atom. The summed E-state index contributed by atoms with van der Waals surface area (Å²) in [6.07, 6.45) is 6.37. The fourth-order valence-electron chi connectivity index (χ4n) is 4.50. The van der Waals surface area contributed by atoms with Crippen LogP contribution in [0.2, 0.25) is 0 Å². The molecule has 0 radical (unpaired) electrons. The summed E-state index contributed by atoms with van der Waals surface area (Å²) in [6, 6.07) is 11.9. The van der Waals surface area contributed by atoms with Crippen LogP contribution in [0.5, 0.6) is 0 Å². The molecule has 2 N–H and O–H groups in total. The van der Waals surface area contributed by atoms with E-state index < -0.39 is 11.8 Å². The van der Waals surface area contributed by atoms with Crippen LogP contribution in [-0.2, 0) is 9.59 Å². The monoisotopic (exact) mass is 454 g/mol. The molecule has 1 aliphatic rings. The molecule has 8 nitrogen and oxygen atoms in total. The maximum absolute atomic E-state index is 12.8. The molecule has 4 aromatic rings. The van der Waals surface area contributed by atoms with E-state index in [9.17, 15) is 9.59 Å². The number of nitrogens with zero attached hydrogens (tertiary/aromatic N) is 4. The zero-order chi connectivity index (χ0) is 23.8. The molecule has 3 aromatic heterocycles. The number of H-pyrrole nitrogens is 1. The Labute approximate surface area is 197 Å². The molecule has 0 spiro atoms. The lowest BCUT2D eigenvalue weighted by Crippen LogP contribution is -2.41. The van der Waals surface area contributed by atoms with Crippen molar-refractivity contribution < 1.29 is 9.59 Å². The van der Waals surface area contributed by atoms with Crippen LogP contribution in [0.3, 0.4) is 0 Å². The summed E-state index contributed by atoms with van der Waals surface area (Å²) in [6.45, 7) is 6.83. The largest absolute Gasteiger partial charge is 0.346 e. The average Bonchev–Trinajstić information content (AvgIpc) is 3.41. The van der Waals surface area contributed by atoms with E-state index >= 15 is 0 Å². The van der Waals surface area contributed by atoms with Gasteiger partial charge in [0.25, 0.3) is 0 Å². The number of aryl methyl sites for hydroxylation is 3. The van der Waals surface area contributed by atoms with Gasteiger partial charge in [0.05, 0.1) is 5.69 Å². The number of fused-ring (bicyclic) bond motifs is 1. The lowest BCUT2D eigenvalue weighted by molar-refractivity contribution is -0.142. The fourth-order valence-corrected chi connectivity index (χ4v) is 4.50. The molecule has 1 aliphatic heterocycles. The number of rotatable bonds is 3. The second-order valence-corrected chi connectivity index (χ2v) is 8.72. The number of carbonyl (C=O) groups excluding carboxylic acids is 2. The smallest absolute Gasteiger partial charge is 0.315 e. The predicted molar refractivity (Wildman–Crippen MR) is 132 cm³/mol. The summed E-state index contributed by atoms with van der Waals surface area (Å²) in [5.74, 6) is -0.887. The first-order chi connectivity index (χ1) is 16.4. The maximum Gasteiger partial charge on any atom is 0.315 e. The number of hydrogen-bond donors (Lipinski definition) is 2. The van der Waals surface area contributed by atoms with Crippen molar-refractivity contribution in [1.82, 2.24) is 24.6 Å². The first kappa shape index (κ1) is 21.6. The highest BCUT2D eigenvalue weighted by Gasteiger charge is 2.25.